The quantitative estimate of drug-likeness (QED) is 0.632. The zero-order valence-electron chi connectivity index (χ0n) is 9.46. The van der Waals surface area contributed by atoms with Crippen LogP contribution in [0, 0.1) is 15.9 Å². The lowest BCUT2D eigenvalue weighted by atomic mass is 10.2. The molecule has 0 saturated heterocycles. The van der Waals surface area contributed by atoms with E-state index in [1.807, 2.05) is 0 Å². The van der Waals surface area contributed by atoms with Gasteiger partial charge < -0.3 is 5.11 Å². The molecule has 0 atom stereocenters. The molecule has 8 nitrogen and oxygen atoms in total. The fraction of sp³-hybridized carbons (Fsp3) is 0. The van der Waals surface area contributed by atoms with Gasteiger partial charge in [-0.3, -0.25) is 19.9 Å². The van der Waals surface area contributed by atoms with E-state index < -0.39 is 33.6 Å². The fourth-order valence-electron chi connectivity index (χ4n) is 1.52. The second-order valence-electron chi connectivity index (χ2n) is 3.63. The van der Waals surface area contributed by atoms with Crippen LogP contribution >= 0.6 is 11.6 Å². The number of halogens is 2. The highest BCUT2D eigenvalue weighted by molar-refractivity contribution is 6.32. The monoisotopic (exact) mass is 301 g/mol. The minimum absolute atomic E-state index is 0.198. The number of nitrogens with one attached hydrogen (secondary N) is 1. The number of nitro groups is 1. The van der Waals surface area contributed by atoms with Crippen LogP contribution in [0.15, 0.2) is 27.8 Å². The van der Waals surface area contributed by atoms with E-state index in [4.69, 9.17) is 11.6 Å². The Labute approximate surface area is 113 Å². The van der Waals surface area contributed by atoms with E-state index in [2.05, 4.69) is 0 Å². The Balaban J connectivity index is 2.79. The predicted molar refractivity (Wildman–Crippen MR) is 65.9 cm³/mol. The molecule has 0 spiro atoms. The second kappa shape index (κ2) is 4.78. The van der Waals surface area contributed by atoms with Crippen LogP contribution in [0.4, 0.5) is 10.1 Å². The Bertz CT molecular complexity index is 829. The summed E-state index contributed by atoms with van der Waals surface area (Å²) in [5.41, 5.74) is -3.31. The molecule has 1 aromatic heterocycles. The summed E-state index contributed by atoms with van der Waals surface area (Å²) >= 11 is 5.59. The van der Waals surface area contributed by atoms with E-state index in [1.165, 1.54) is 0 Å². The molecule has 1 aromatic carbocycles. The molecule has 104 valence electrons. The van der Waals surface area contributed by atoms with Gasteiger partial charge in [-0.2, -0.15) is 4.39 Å². The van der Waals surface area contributed by atoms with Crippen LogP contribution in [0.2, 0.25) is 5.02 Å². The number of nitro benzene ring substituents is 1. The molecular weight excluding hydrogens is 297 g/mol. The maximum Gasteiger partial charge on any atom is 0.335 e. The van der Waals surface area contributed by atoms with Crippen molar-refractivity contribution in [3.05, 3.63) is 60.0 Å². The molecule has 0 unspecified atom stereocenters. The highest BCUT2D eigenvalue weighted by atomic mass is 35.5. The Hall–Kier alpha value is -2.68. The second-order valence-corrected chi connectivity index (χ2v) is 4.03. The van der Waals surface area contributed by atoms with Crippen molar-refractivity contribution in [3.8, 4) is 11.6 Å². The Morgan fingerprint density at radius 3 is 2.65 bits per heavy atom. The molecule has 0 saturated carbocycles. The number of rotatable bonds is 2. The maximum absolute atomic E-state index is 13.3. The minimum Gasteiger partial charge on any atom is -0.492 e. The molecule has 0 aliphatic rings. The Morgan fingerprint density at radius 2 is 2.05 bits per heavy atom. The van der Waals surface area contributed by atoms with E-state index in [0.717, 1.165) is 18.2 Å². The number of aromatic hydroxyl groups is 1. The van der Waals surface area contributed by atoms with Gasteiger partial charge in [0.15, 0.2) is 0 Å². The lowest BCUT2D eigenvalue weighted by molar-refractivity contribution is -0.384. The topological polar surface area (TPSA) is 118 Å². The van der Waals surface area contributed by atoms with Crippen molar-refractivity contribution in [2.24, 2.45) is 0 Å². The minimum atomic E-state index is -1.58. The molecular formula is C10H5ClFN3O5. The van der Waals surface area contributed by atoms with Gasteiger partial charge in [-0.1, -0.05) is 11.6 Å². The van der Waals surface area contributed by atoms with E-state index in [-0.39, 0.29) is 10.7 Å². The van der Waals surface area contributed by atoms with Crippen molar-refractivity contribution in [2.75, 3.05) is 0 Å². The summed E-state index contributed by atoms with van der Waals surface area (Å²) in [6.07, 6.45) is 0. The molecule has 0 aliphatic carbocycles. The number of hydrogen-bond donors (Lipinski definition) is 2. The highest BCUT2D eigenvalue weighted by Crippen LogP contribution is 2.27. The van der Waals surface area contributed by atoms with Crippen LogP contribution in [0.3, 0.4) is 0 Å². The lowest BCUT2D eigenvalue weighted by Gasteiger charge is -2.08. The first-order chi connectivity index (χ1) is 9.32. The predicted octanol–water partition coefficient (Wildman–Crippen LogP) is 0.932. The number of aromatic amines is 1. The molecule has 2 aromatic rings. The number of benzene rings is 1. The lowest BCUT2D eigenvalue weighted by Crippen LogP contribution is -2.30. The summed E-state index contributed by atoms with van der Waals surface area (Å²) in [7, 11) is 0. The normalized spacial score (nSPS) is 10.5. The van der Waals surface area contributed by atoms with Crippen molar-refractivity contribution < 1.29 is 14.4 Å². The van der Waals surface area contributed by atoms with Gasteiger partial charge in [0.25, 0.3) is 11.2 Å². The summed E-state index contributed by atoms with van der Waals surface area (Å²) in [4.78, 5) is 34.0. The molecule has 1 heterocycles. The van der Waals surface area contributed by atoms with E-state index in [0.29, 0.717) is 4.57 Å². The molecule has 0 bridgehead atoms. The highest BCUT2D eigenvalue weighted by Gasteiger charge is 2.19. The van der Waals surface area contributed by atoms with Crippen molar-refractivity contribution in [3.63, 3.8) is 0 Å². The SMILES string of the molecule is O=c1[nH]c(=O)n(-c2ccc(Cl)c([N+](=O)[O-])c2)c(O)c1F. The average Bonchev–Trinajstić information content (AvgIpc) is 2.37. The van der Waals surface area contributed by atoms with Crippen molar-refractivity contribution in [1.29, 1.82) is 0 Å². The zero-order valence-corrected chi connectivity index (χ0v) is 10.2. The van der Waals surface area contributed by atoms with Crippen LogP contribution < -0.4 is 11.2 Å². The van der Waals surface area contributed by atoms with Crippen molar-refractivity contribution in [2.45, 2.75) is 0 Å². The molecule has 0 radical (unpaired) electrons. The van der Waals surface area contributed by atoms with Crippen LogP contribution in [0.1, 0.15) is 0 Å². The third-order valence-corrected chi connectivity index (χ3v) is 2.74. The molecule has 2 N–H and O–H groups in total. The number of aromatic nitrogens is 2. The zero-order chi connectivity index (χ0) is 15.0. The summed E-state index contributed by atoms with van der Waals surface area (Å²) < 4.78 is 13.7. The van der Waals surface area contributed by atoms with Gasteiger partial charge in [-0.25, -0.2) is 9.36 Å². The molecule has 0 amide bonds. The summed E-state index contributed by atoms with van der Waals surface area (Å²) in [6.45, 7) is 0. The first-order valence-corrected chi connectivity index (χ1v) is 5.39. The molecule has 0 aliphatic heterocycles. The molecule has 2 rings (SSSR count). The van der Waals surface area contributed by atoms with Gasteiger partial charge in [-0.15, -0.1) is 0 Å². The Kier molecular flexibility index (Phi) is 3.28. The molecule has 20 heavy (non-hydrogen) atoms. The molecule has 0 fully saturated rings. The van der Waals surface area contributed by atoms with Crippen molar-refractivity contribution >= 4 is 17.3 Å². The number of hydrogen-bond acceptors (Lipinski definition) is 5. The summed E-state index contributed by atoms with van der Waals surface area (Å²) in [5, 5.41) is 20.0. The van der Waals surface area contributed by atoms with Gasteiger partial charge in [-0.05, 0) is 12.1 Å². The average molecular weight is 302 g/mol. The van der Waals surface area contributed by atoms with Gasteiger partial charge in [0.2, 0.25) is 11.7 Å². The summed E-state index contributed by atoms with van der Waals surface area (Å²) in [5.74, 6) is -2.84. The maximum atomic E-state index is 13.3. The third-order valence-electron chi connectivity index (χ3n) is 2.42. The fourth-order valence-corrected chi connectivity index (χ4v) is 1.71. The largest absolute Gasteiger partial charge is 0.492 e. The van der Waals surface area contributed by atoms with E-state index in [1.54, 1.807) is 4.98 Å². The van der Waals surface area contributed by atoms with E-state index >= 15 is 0 Å². The van der Waals surface area contributed by atoms with Crippen LogP contribution in [-0.2, 0) is 0 Å². The smallest absolute Gasteiger partial charge is 0.335 e. The van der Waals surface area contributed by atoms with Gasteiger partial charge in [0, 0.05) is 6.07 Å². The number of nitrogens with zero attached hydrogens (tertiary/aromatic N) is 2. The Morgan fingerprint density at radius 1 is 1.40 bits per heavy atom. The van der Waals surface area contributed by atoms with Gasteiger partial charge >= 0.3 is 5.69 Å². The van der Waals surface area contributed by atoms with Crippen molar-refractivity contribution in [1.82, 2.24) is 9.55 Å². The van der Waals surface area contributed by atoms with Gasteiger partial charge in [0.05, 0.1) is 10.6 Å². The van der Waals surface area contributed by atoms with Crippen LogP contribution in [-0.4, -0.2) is 19.6 Å². The standard InChI is InChI=1S/C10H5ClFN3O5/c11-5-2-1-4(3-6(5)15(19)20)14-9(17)7(12)8(16)13-10(14)18/h1-3,17H,(H,13,16,18). The number of H-pyrrole nitrogens is 1. The van der Waals surface area contributed by atoms with Crippen LogP contribution in [0.25, 0.3) is 5.69 Å². The van der Waals surface area contributed by atoms with Crippen LogP contribution in [0.5, 0.6) is 5.88 Å². The first-order valence-electron chi connectivity index (χ1n) is 5.01. The van der Waals surface area contributed by atoms with Gasteiger partial charge in [0.1, 0.15) is 5.02 Å². The first kappa shape index (κ1) is 13.7. The third kappa shape index (κ3) is 2.14. The molecule has 10 heteroatoms. The summed E-state index contributed by atoms with van der Waals surface area (Å²) in [6, 6.07) is 3.11. The van der Waals surface area contributed by atoms with E-state index in [9.17, 15) is 29.2 Å².